The Morgan fingerprint density at radius 1 is 1.39 bits per heavy atom. The Morgan fingerprint density at radius 2 is 1.96 bits per heavy atom. The molecule has 0 spiro atoms. The molecule has 0 amide bonds. The van der Waals surface area contributed by atoms with Crippen LogP contribution in [0.2, 0.25) is 0 Å². The fraction of sp³-hybridized carbons (Fsp3) is 0.444. The molecular formula is C9H11N2Na2O9P. The van der Waals surface area contributed by atoms with E-state index < -0.39 is 49.9 Å². The van der Waals surface area contributed by atoms with Gasteiger partial charge in [0.15, 0.2) is 6.10 Å². The number of nitrogens with zero attached hydrogens (tertiary/aromatic N) is 1. The Hall–Kier alpha value is 0.380. The van der Waals surface area contributed by atoms with Crippen molar-refractivity contribution in [2.45, 2.75) is 12.2 Å². The second kappa shape index (κ2) is 11.1. The number of nitrogens with one attached hydrogen (secondary N) is 1. The normalized spacial score (nSPS) is 13.4. The molecule has 0 bridgehead atoms. The van der Waals surface area contributed by atoms with Crippen LogP contribution in [-0.2, 0) is 9.30 Å². The Balaban J connectivity index is 0. The number of hydrogen-bond donors (Lipinski definition) is 3. The number of aliphatic hydroxyl groups excluding tert-OH is 2. The molecule has 0 unspecified atom stereocenters. The maximum Gasteiger partial charge on any atom is 1.00 e. The molecule has 1 heterocycles. The Labute approximate surface area is 173 Å². The molecule has 1 aromatic rings. The maximum absolute atomic E-state index is 11.8. The van der Waals surface area contributed by atoms with Crippen molar-refractivity contribution in [1.82, 2.24) is 9.55 Å². The Bertz CT molecular complexity index is 669. The molecule has 14 heteroatoms. The quantitative estimate of drug-likeness (QED) is 0.324. The van der Waals surface area contributed by atoms with Crippen LogP contribution in [0.3, 0.4) is 0 Å². The monoisotopic (exact) mass is 368 g/mol. The van der Waals surface area contributed by atoms with Gasteiger partial charge in [0, 0.05) is 12.3 Å². The smallest absolute Gasteiger partial charge is 0.809 e. The number of ether oxygens (including phenoxy) is 1. The summed E-state index contributed by atoms with van der Waals surface area (Å²) < 4.78 is 15.2. The second-order valence-electron chi connectivity index (χ2n) is 3.89. The summed E-state index contributed by atoms with van der Waals surface area (Å²) in [7, 11) is -5.06. The van der Waals surface area contributed by atoms with Gasteiger partial charge in [-0.3, -0.25) is 14.6 Å². The number of carbonyl (C=O) groups is 1. The van der Waals surface area contributed by atoms with Gasteiger partial charge in [-0.15, -0.1) is 0 Å². The number of carbonyl (C=O) groups excluding carboxylic acids is 1. The molecule has 0 aliphatic carbocycles. The molecule has 118 valence electrons. The predicted octanol–water partition coefficient (Wildman–Crippen LogP) is -10.2. The van der Waals surface area contributed by atoms with Crippen molar-refractivity contribution in [2.24, 2.45) is 0 Å². The molecule has 0 aliphatic rings. The fourth-order valence-electron chi connectivity index (χ4n) is 1.32. The van der Waals surface area contributed by atoms with Crippen molar-refractivity contribution < 1.29 is 93.2 Å². The van der Waals surface area contributed by atoms with Crippen LogP contribution < -0.4 is 80.2 Å². The van der Waals surface area contributed by atoms with Gasteiger partial charge in [0.1, 0.15) is 6.10 Å². The van der Waals surface area contributed by atoms with Crippen molar-refractivity contribution in [2.75, 3.05) is 13.0 Å². The molecule has 11 nitrogen and oxygen atoms in total. The zero-order valence-electron chi connectivity index (χ0n) is 12.4. The van der Waals surface area contributed by atoms with Gasteiger partial charge in [0.2, 0.25) is 0 Å². The van der Waals surface area contributed by atoms with Gasteiger partial charge in [-0.1, -0.05) is 0 Å². The molecule has 0 saturated carbocycles. The third kappa shape index (κ3) is 8.34. The van der Waals surface area contributed by atoms with E-state index in [-0.39, 0.29) is 59.1 Å². The van der Waals surface area contributed by atoms with Crippen LogP contribution in [0.1, 0.15) is 4.79 Å². The van der Waals surface area contributed by atoms with Gasteiger partial charge in [-0.25, -0.2) is 9.36 Å². The van der Waals surface area contributed by atoms with Crippen molar-refractivity contribution >= 4 is 13.5 Å². The molecule has 1 aromatic heterocycles. The summed E-state index contributed by atoms with van der Waals surface area (Å²) in [4.78, 5) is 56.5. The minimum absolute atomic E-state index is 0. The molecular weight excluding hydrogens is 357 g/mol. The van der Waals surface area contributed by atoms with Gasteiger partial charge >= 0.3 is 64.8 Å². The van der Waals surface area contributed by atoms with Crippen LogP contribution in [0.15, 0.2) is 21.9 Å². The van der Waals surface area contributed by atoms with E-state index in [2.05, 4.69) is 4.74 Å². The SMILES string of the molecule is O=C([C@H](O)[C@H](CO)OCP(=O)([O-])[O-])n1ccc(=O)[nH]c1=O.[Na+].[Na+]. The first-order valence-corrected chi connectivity index (χ1v) is 7.16. The fourth-order valence-corrected chi connectivity index (χ4v) is 1.70. The molecule has 0 radical (unpaired) electrons. The van der Waals surface area contributed by atoms with Crippen LogP contribution in [0.5, 0.6) is 0 Å². The van der Waals surface area contributed by atoms with Crippen LogP contribution >= 0.6 is 7.60 Å². The van der Waals surface area contributed by atoms with Crippen LogP contribution in [0, 0.1) is 0 Å². The molecule has 0 aliphatic heterocycles. The van der Waals surface area contributed by atoms with E-state index in [0.29, 0.717) is 4.57 Å². The minimum Gasteiger partial charge on any atom is -0.809 e. The maximum atomic E-state index is 11.8. The number of aliphatic hydroxyl groups is 2. The number of aromatic amines is 1. The zero-order chi connectivity index (χ0) is 16.2. The number of H-pyrrole nitrogens is 1. The minimum atomic E-state index is -5.06. The summed E-state index contributed by atoms with van der Waals surface area (Å²) in [5, 5.41) is 18.6. The van der Waals surface area contributed by atoms with Crippen LogP contribution in [-0.4, -0.2) is 50.8 Å². The molecule has 0 fully saturated rings. The van der Waals surface area contributed by atoms with Gasteiger partial charge in [0.05, 0.1) is 13.0 Å². The Kier molecular flexibility index (Phi) is 12.3. The van der Waals surface area contributed by atoms with Gasteiger partial charge in [0.25, 0.3) is 11.5 Å². The summed E-state index contributed by atoms with van der Waals surface area (Å²) in [6, 6.07) is 0.838. The standard InChI is InChI=1S/C9H13N2O9P.2Na/c12-3-5(20-4-21(17,18)19)7(14)8(15)11-2-1-6(13)10-9(11)16;;/h1-2,5,7,12,14H,3-4H2,(H,10,13,16)(H2,17,18,19);;/q;2*+1/p-2/t5-,7+;;/m0../s1. The summed E-state index contributed by atoms with van der Waals surface area (Å²) >= 11 is 0. The molecule has 0 saturated heterocycles. The van der Waals surface area contributed by atoms with Gasteiger partial charge in [-0.05, 0) is 7.60 Å². The molecule has 3 N–H and O–H groups in total. The number of rotatable bonds is 6. The average molecular weight is 368 g/mol. The van der Waals surface area contributed by atoms with E-state index in [1.807, 2.05) is 0 Å². The molecule has 2 atom stereocenters. The third-order valence-corrected chi connectivity index (χ3v) is 2.76. The first-order valence-electron chi connectivity index (χ1n) is 5.43. The summed E-state index contributed by atoms with van der Waals surface area (Å²) in [5.74, 6) is -1.28. The zero-order valence-corrected chi connectivity index (χ0v) is 17.3. The van der Waals surface area contributed by atoms with Crippen LogP contribution in [0.4, 0.5) is 0 Å². The number of hydrogen-bond acceptors (Lipinski definition) is 9. The van der Waals surface area contributed by atoms with Gasteiger partial charge in [-0.2, -0.15) is 0 Å². The van der Waals surface area contributed by atoms with Gasteiger partial charge < -0.3 is 29.3 Å². The van der Waals surface area contributed by atoms with E-state index in [1.54, 1.807) is 4.98 Å². The number of aromatic nitrogens is 2. The molecule has 1 rings (SSSR count). The third-order valence-electron chi connectivity index (χ3n) is 2.29. The largest absolute Gasteiger partial charge is 1.00 e. The first kappa shape index (κ1) is 25.6. The van der Waals surface area contributed by atoms with E-state index in [1.165, 1.54) is 0 Å². The van der Waals surface area contributed by atoms with Crippen molar-refractivity contribution in [3.8, 4) is 0 Å². The molecule has 23 heavy (non-hydrogen) atoms. The summed E-state index contributed by atoms with van der Waals surface area (Å²) in [5.41, 5.74) is -1.91. The van der Waals surface area contributed by atoms with Crippen molar-refractivity contribution in [3.63, 3.8) is 0 Å². The van der Waals surface area contributed by atoms with Crippen molar-refractivity contribution in [1.29, 1.82) is 0 Å². The second-order valence-corrected chi connectivity index (χ2v) is 5.37. The first-order chi connectivity index (χ1) is 9.65. The van der Waals surface area contributed by atoms with E-state index >= 15 is 0 Å². The Morgan fingerprint density at radius 3 is 2.39 bits per heavy atom. The van der Waals surface area contributed by atoms with E-state index in [4.69, 9.17) is 5.11 Å². The molecule has 0 aromatic carbocycles. The predicted molar refractivity (Wildman–Crippen MR) is 62.4 cm³/mol. The summed E-state index contributed by atoms with van der Waals surface area (Å²) in [6.07, 6.45) is -4.41. The van der Waals surface area contributed by atoms with Crippen molar-refractivity contribution in [3.05, 3.63) is 33.1 Å². The van der Waals surface area contributed by atoms with E-state index in [9.17, 15) is 33.8 Å². The van der Waals surface area contributed by atoms with Crippen LogP contribution in [0.25, 0.3) is 0 Å². The summed E-state index contributed by atoms with van der Waals surface area (Å²) in [6.45, 7) is -0.981. The van der Waals surface area contributed by atoms with E-state index in [0.717, 1.165) is 12.3 Å². The topological polar surface area (TPSA) is 185 Å². The average Bonchev–Trinajstić information content (AvgIpc) is 2.37.